The van der Waals surface area contributed by atoms with Gasteiger partial charge in [0, 0.05) is 23.0 Å². The number of carbonyl (C=O) groups is 1. The number of fused-ring (bicyclic) bond motifs is 5. The van der Waals surface area contributed by atoms with Gasteiger partial charge in [-0.2, -0.15) is 0 Å². The van der Waals surface area contributed by atoms with Crippen molar-refractivity contribution < 1.29 is 24.1 Å². The van der Waals surface area contributed by atoms with Crippen molar-refractivity contribution in [2.24, 2.45) is 0 Å². The zero-order chi connectivity index (χ0) is 14.4. The van der Waals surface area contributed by atoms with E-state index in [0.29, 0.717) is 11.5 Å². The summed E-state index contributed by atoms with van der Waals surface area (Å²) in [5, 5.41) is 9.50. The Kier molecular flexibility index (Phi) is 2.85. The fourth-order valence-corrected chi connectivity index (χ4v) is 3.39. The molecule has 0 fully saturated rings. The van der Waals surface area contributed by atoms with E-state index in [4.69, 9.17) is 14.2 Å². The summed E-state index contributed by atoms with van der Waals surface area (Å²) >= 11 is 0. The molecule has 0 amide bonds. The summed E-state index contributed by atoms with van der Waals surface area (Å²) < 4.78 is 16.1. The smallest absolute Gasteiger partial charge is 0.343 e. The summed E-state index contributed by atoms with van der Waals surface area (Å²) in [5.41, 5.74) is 1.96. The van der Waals surface area contributed by atoms with Crippen molar-refractivity contribution in [3.05, 3.63) is 28.8 Å². The first-order chi connectivity index (χ1) is 9.63. The quantitative estimate of drug-likeness (QED) is 0.856. The van der Waals surface area contributed by atoms with Crippen LogP contribution in [0.25, 0.3) is 0 Å². The molecule has 0 spiro atoms. The molecule has 2 bridgehead atoms. The maximum absolute atomic E-state index is 11.6. The van der Waals surface area contributed by atoms with Gasteiger partial charge in [0.1, 0.15) is 11.3 Å². The second-order valence-corrected chi connectivity index (χ2v) is 4.94. The van der Waals surface area contributed by atoms with Crippen LogP contribution in [0, 0.1) is 0 Å². The zero-order valence-corrected chi connectivity index (χ0v) is 11.6. The van der Waals surface area contributed by atoms with E-state index in [0.717, 1.165) is 17.5 Å². The Morgan fingerprint density at radius 1 is 1.00 bits per heavy atom. The molecule has 1 N–H and O–H groups in total. The number of rotatable bonds is 4. The van der Waals surface area contributed by atoms with Crippen molar-refractivity contribution in [3.63, 3.8) is 0 Å². The van der Waals surface area contributed by atoms with Gasteiger partial charge in [-0.3, -0.25) is 0 Å². The van der Waals surface area contributed by atoms with Gasteiger partial charge in [-0.1, -0.05) is 12.2 Å². The average molecular weight is 276 g/mol. The lowest BCUT2D eigenvalue weighted by atomic mass is 9.91. The van der Waals surface area contributed by atoms with Gasteiger partial charge in [0.05, 0.1) is 21.3 Å². The standard InChI is InChI=1S/C15H16O5/c1-18-12-9-7-4-5-8(6-7)10(9)13(19-2)14(20-3)11(12)15(16)17/h4-5,7-8H,6H2,1-3H3,(H,16,17). The van der Waals surface area contributed by atoms with E-state index < -0.39 is 5.97 Å². The van der Waals surface area contributed by atoms with Gasteiger partial charge in [0.15, 0.2) is 11.5 Å². The average Bonchev–Trinajstić information content (AvgIpc) is 3.05. The van der Waals surface area contributed by atoms with Crippen LogP contribution in [0.3, 0.4) is 0 Å². The highest BCUT2D eigenvalue weighted by Crippen LogP contribution is 2.59. The highest BCUT2D eigenvalue weighted by Gasteiger charge is 2.42. The molecular formula is C15H16O5. The van der Waals surface area contributed by atoms with E-state index in [-0.39, 0.29) is 23.1 Å². The van der Waals surface area contributed by atoms with Crippen LogP contribution in [-0.2, 0) is 0 Å². The molecule has 20 heavy (non-hydrogen) atoms. The van der Waals surface area contributed by atoms with Crippen LogP contribution >= 0.6 is 0 Å². The largest absolute Gasteiger partial charge is 0.495 e. The lowest BCUT2D eigenvalue weighted by Crippen LogP contribution is -2.11. The summed E-state index contributed by atoms with van der Waals surface area (Å²) in [6, 6.07) is 0. The molecule has 0 radical (unpaired) electrons. The SMILES string of the molecule is COc1c(OC)c2c(c(OC)c1C(=O)O)C1C=CC2C1. The number of allylic oxidation sites excluding steroid dienone is 2. The minimum absolute atomic E-state index is 0.0338. The van der Waals surface area contributed by atoms with Gasteiger partial charge in [0.2, 0.25) is 0 Å². The highest BCUT2D eigenvalue weighted by atomic mass is 16.5. The Bertz CT molecular complexity index is 617. The Labute approximate surface area is 116 Å². The predicted octanol–water partition coefficient (Wildman–Crippen LogP) is 2.55. The third-order valence-electron chi connectivity index (χ3n) is 4.09. The summed E-state index contributed by atoms with van der Waals surface area (Å²) in [6.07, 6.45) is 5.18. The maximum Gasteiger partial charge on any atom is 0.343 e. The molecule has 5 heteroatoms. The summed E-state index contributed by atoms with van der Waals surface area (Å²) in [6.45, 7) is 0. The molecule has 106 valence electrons. The molecule has 3 rings (SSSR count). The molecule has 2 atom stereocenters. The highest BCUT2D eigenvalue weighted by molar-refractivity contribution is 5.97. The fourth-order valence-electron chi connectivity index (χ4n) is 3.39. The number of carboxylic acid groups (broad SMARTS) is 1. The molecule has 0 aromatic heterocycles. The van der Waals surface area contributed by atoms with Crippen molar-refractivity contribution in [3.8, 4) is 17.2 Å². The van der Waals surface area contributed by atoms with Crippen LogP contribution in [0.1, 0.15) is 39.7 Å². The third kappa shape index (κ3) is 1.46. The van der Waals surface area contributed by atoms with E-state index in [1.807, 2.05) is 0 Å². The predicted molar refractivity (Wildman–Crippen MR) is 72.3 cm³/mol. The summed E-state index contributed by atoms with van der Waals surface area (Å²) in [4.78, 5) is 11.6. The summed E-state index contributed by atoms with van der Waals surface area (Å²) in [5.74, 6) is 0.501. The van der Waals surface area contributed by atoms with Crippen LogP contribution in [0.15, 0.2) is 12.2 Å². The van der Waals surface area contributed by atoms with Crippen LogP contribution in [-0.4, -0.2) is 32.4 Å². The Morgan fingerprint density at radius 2 is 1.50 bits per heavy atom. The Hall–Kier alpha value is -2.17. The van der Waals surface area contributed by atoms with Gasteiger partial charge in [-0.25, -0.2) is 4.79 Å². The van der Waals surface area contributed by atoms with Crippen LogP contribution in [0.5, 0.6) is 17.2 Å². The number of methoxy groups -OCH3 is 3. The van der Waals surface area contributed by atoms with Gasteiger partial charge in [-0.15, -0.1) is 0 Å². The minimum Gasteiger partial charge on any atom is -0.495 e. The summed E-state index contributed by atoms with van der Waals surface area (Å²) in [7, 11) is 4.47. The first-order valence-electron chi connectivity index (χ1n) is 6.41. The van der Waals surface area contributed by atoms with Gasteiger partial charge in [0.25, 0.3) is 0 Å². The van der Waals surface area contributed by atoms with Gasteiger partial charge >= 0.3 is 5.97 Å². The molecule has 2 unspecified atom stereocenters. The second kappa shape index (κ2) is 4.44. The van der Waals surface area contributed by atoms with Crippen LogP contribution < -0.4 is 14.2 Å². The zero-order valence-electron chi connectivity index (χ0n) is 11.6. The first-order valence-corrected chi connectivity index (χ1v) is 6.41. The van der Waals surface area contributed by atoms with Crippen molar-refractivity contribution >= 4 is 5.97 Å². The molecule has 2 aliphatic carbocycles. The van der Waals surface area contributed by atoms with Crippen molar-refractivity contribution in [1.29, 1.82) is 0 Å². The molecular weight excluding hydrogens is 260 g/mol. The van der Waals surface area contributed by atoms with Gasteiger partial charge < -0.3 is 19.3 Å². The minimum atomic E-state index is -1.08. The molecule has 0 saturated carbocycles. The monoisotopic (exact) mass is 276 g/mol. The van der Waals surface area contributed by atoms with Gasteiger partial charge in [-0.05, 0) is 6.42 Å². The van der Waals surface area contributed by atoms with Crippen molar-refractivity contribution in [1.82, 2.24) is 0 Å². The number of hydrogen-bond donors (Lipinski definition) is 1. The van der Waals surface area contributed by atoms with E-state index in [2.05, 4.69) is 12.2 Å². The number of carboxylic acids is 1. The van der Waals surface area contributed by atoms with E-state index in [1.54, 1.807) is 0 Å². The molecule has 0 saturated heterocycles. The third-order valence-corrected chi connectivity index (χ3v) is 4.09. The number of aromatic carboxylic acids is 1. The molecule has 0 heterocycles. The van der Waals surface area contributed by atoms with Crippen LogP contribution in [0.2, 0.25) is 0 Å². The Balaban J connectivity index is 2.40. The normalized spacial score (nSPS) is 21.8. The maximum atomic E-state index is 11.6. The van der Waals surface area contributed by atoms with E-state index in [9.17, 15) is 9.90 Å². The first kappa shape index (κ1) is 12.8. The van der Waals surface area contributed by atoms with Crippen molar-refractivity contribution in [2.45, 2.75) is 18.3 Å². The van der Waals surface area contributed by atoms with E-state index >= 15 is 0 Å². The van der Waals surface area contributed by atoms with Crippen molar-refractivity contribution in [2.75, 3.05) is 21.3 Å². The van der Waals surface area contributed by atoms with Crippen LogP contribution in [0.4, 0.5) is 0 Å². The number of benzene rings is 1. The molecule has 1 aromatic carbocycles. The Morgan fingerprint density at radius 3 is 1.95 bits per heavy atom. The topological polar surface area (TPSA) is 65.0 Å². The second-order valence-electron chi connectivity index (χ2n) is 4.94. The lowest BCUT2D eigenvalue weighted by molar-refractivity contribution is 0.0688. The molecule has 0 aliphatic heterocycles. The fraction of sp³-hybridized carbons (Fsp3) is 0.400. The molecule has 1 aromatic rings. The lowest BCUT2D eigenvalue weighted by Gasteiger charge is -2.22. The van der Waals surface area contributed by atoms with E-state index in [1.165, 1.54) is 21.3 Å². The number of ether oxygens (including phenoxy) is 3. The molecule has 5 nitrogen and oxygen atoms in total. The number of hydrogen-bond acceptors (Lipinski definition) is 4. The molecule has 2 aliphatic rings.